The lowest BCUT2D eigenvalue weighted by molar-refractivity contribution is -0.122. The summed E-state index contributed by atoms with van der Waals surface area (Å²) in [5, 5.41) is 0. The van der Waals surface area contributed by atoms with Gasteiger partial charge in [0.05, 0.1) is 10.5 Å². The van der Waals surface area contributed by atoms with Crippen molar-refractivity contribution in [3.8, 4) is 0 Å². The van der Waals surface area contributed by atoms with Gasteiger partial charge < -0.3 is 9.80 Å². The first-order valence-electron chi connectivity index (χ1n) is 12.9. The van der Waals surface area contributed by atoms with E-state index in [0.29, 0.717) is 32.8 Å². The molecule has 2 fully saturated rings. The van der Waals surface area contributed by atoms with Crippen LogP contribution in [0.3, 0.4) is 0 Å². The first kappa shape index (κ1) is 25.5. The molecule has 3 aromatic rings. The van der Waals surface area contributed by atoms with E-state index in [1.165, 1.54) is 17.4 Å². The summed E-state index contributed by atoms with van der Waals surface area (Å²) in [5.41, 5.74) is 2.03. The topological polar surface area (TPSA) is 61.2 Å². The van der Waals surface area contributed by atoms with Gasteiger partial charge in [0.1, 0.15) is 15.8 Å². The van der Waals surface area contributed by atoms with Crippen LogP contribution in [0.4, 0.5) is 11.5 Å². The number of para-hydroxylation sites is 1. The number of hydrogen-bond acceptors (Lipinski definition) is 7. The molecule has 0 aliphatic carbocycles. The molecule has 37 heavy (non-hydrogen) atoms. The molecule has 2 aromatic heterocycles. The molecule has 0 saturated carbocycles. The van der Waals surface area contributed by atoms with Crippen molar-refractivity contribution in [1.29, 1.82) is 0 Å². The Morgan fingerprint density at radius 3 is 2.43 bits per heavy atom. The minimum atomic E-state index is -0.181. The fourth-order valence-corrected chi connectivity index (χ4v) is 6.08. The van der Waals surface area contributed by atoms with Crippen LogP contribution in [0.25, 0.3) is 11.7 Å². The summed E-state index contributed by atoms with van der Waals surface area (Å²) >= 11 is 6.80. The van der Waals surface area contributed by atoms with Crippen molar-refractivity contribution >= 4 is 57.4 Å². The summed E-state index contributed by atoms with van der Waals surface area (Å²) in [6, 6.07) is 15.9. The van der Waals surface area contributed by atoms with E-state index in [9.17, 15) is 9.59 Å². The van der Waals surface area contributed by atoms with Crippen molar-refractivity contribution < 1.29 is 4.79 Å². The number of pyridine rings is 1. The number of amides is 1. The molecule has 0 radical (unpaired) electrons. The molecule has 0 unspecified atom stereocenters. The van der Waals surface area contributed by atoms with Crippen LogP contribution in [-0.2, 0) is 4.79 Å². The summed E-state index contributed by atoms with van der Waals surface area (Å²) in [7, 11) is 0. The van der Waals surface area contributed by atoms with Crippen LogP contribution in [0.2, 0.25) is 0 Å². The number of unbranched alkanes of at least 4 members (excludes halogenated alkanes) is 3. The SMILES string of the molecule is CCCCCCN1C(=O)C(=Cc2c(N3CCN(c4ccccc4)CC3)nc3ccccn3c2=O)SC1=S. The smallest absolute Gasteiger partial charge is 0.267 e. The lowest BCUT2D eigenvalue weighted by Gasteiger charge is -2.37. The Labute approximate surface area is 226 Å². The molecule has 0 N–H and O–H groups in total. The number of benzene rings is 1. The van der Waals surface area contributed by atoms with E-state index in [1.807, 2.05) is 36.4 Å². The van der Waals surface area contributed by atoms with Gasteiger partial charge in [-0.15, -0.1) is 0 Å². The minimum Gasteiger partial charge on any atom is -0.368 e. The number of rotatable bonds is 8. The molecular formula is C28H31N5O2S2. The van der Waals surface area contributed by atoms with Crippen molar-refractivity contribution in [2.45, 2.75) is 32.6 Å². The fraction of sp³-hybridized carbons (Fsp3) is 0.357. The minimum absolute atomic E-state index is 0.121. The second-order valence-corrected chi connectivity index (χ2v) is 11.0. The van der Waals surface area contributed by atoms with E-state index in [-0.39, 0.29) is 11.5 Å². The summed E-state index contributed by atoms with van der Waals surface area (Å²) in [6.45, 7) is 5.87. The molecule has 4 heterocycles. The average molecular weight is 534 g/mol. The average Bonchev–Trinajstić information content (AvgIpc) is 3.20. The molecule has 2 aliphatic heterocycles. The van der Waals surface area contributed by atoms with Crippen LogP contribution in [0.15, 0.2) is 64.4 Å². The van der Waals surface area contributed by atoms with Crippen LogP contribution in [-0.4, -0.2) is 57.2 Å². The number of carbonyl (C=O) groups excluding carboxylic acids is 1. The van der Waals surface area contributed by atoms with Crippen LogP contribution in [0.1, 0.15) is 38.2 Å². The van der Waals surface area contributed by atoms with E-state index in [4.69, 9.17) is 17.2 Å². The number of carbonyl (C=O) groups is 1. The van der Waals surface area contributed by atoms with Gasteiger partial charge in [0.2, 0.25) is 0 Å². The fourth-order valence-electron chi connectivity index (χ4n) is 4.79. The number of fused-ring (bicyclic) bond motifs is 1. The predicted octanol–water partition coefficient (Wildman–Crippen LogP) is 4.80. The highest BCUT2D eigenvalue weighted by Gasteiger charge is 2.33. The highest BCUT2D eigenvalue weighted by atomic mass is 32.2. The summed E-state index contributed by atoms with van der Waals surface area (Å²) < 4.78 is 2.10. The number of hydrogen-bond donors (Lipinski definition) is 0. The highest BCUT2D eigenvalue weighted by Crippen LogP contribution is 2.34. The molecule has 1 aromatic carbocycles. The van der Waals surface area contributed by atoms with Gasteiger partial charge in [0.25, 0.3) is 11.5 Å². The second kappa shape index (κ2) is 11.5. The quantitative estimate of drug-likeness (QED) is 0.234. The molecule has 1 amide bonds. The van der Waals surface area contributed by atoms with Crippen molar-refractivity contribution in [1.82, 2.24) is 14.3 Å². The van der Waals surface area contributed by atoms with Gasteiger partial charge in [-0.1, -0.05) is 74.4 Å². The van der Waals surface area contributed by atoms with Crippen LogP contribution in [0, 0.1) is 0 Å². The number of piperazine rings is 1. The summed E-state index contributed by atoms with van der Waals surface area (Å²) in [6.07, 6.45) is 7.70. The molecule has 192 valence electrons. The third-order valence-electron chi connectivity index (χ3n) is 6.83. The second-order valence-electron chi connectivity index (χ2n) is 9.29. The normalized spacial score (nSPS) is 17.4. The number of aromatic nitrogens is 2. The Bertz CT molecular complexity index is 1380. The Hall–Kier alpha value is -3.17. The Morgan fingerprint density at radius 2 is 1.68 bits per heavy atom. The monoisotopic (exact) mass is 533 g/mol. The third-order valence-corrected chi connectivity index (χ3v) is 8.21. The van der Waals surface area contributed by atoms with Gasteiger partial charge in [-0.3, -0.25) is 18.9 Å². The standard InChI is InChI=1S/C28H31N5O2S2/c1-2-3-4-9-15-33-27(35)23(37-28(33)36)20-22-25(29-24-13-8-10-14-32(24)26(22)34)31-18-16-30(17-19-31)21-11-6-5-7-12-21/h5-8,10-14,20H,2-4,9,15-19H2,1H3. The highest BCUT2D eigenvalue weighted by molar-refractivity contribution is 8.26. The van der Waals surface area contributed by atoms with Crippen molar-refractivity contribution in [3.63, 3.8) is 0 Å². The van der Waals surface area contributed by atoms with Crippen molar-refractivity contribution in [2.24, 2.45) is 0 Å². The van der Waals surface area contributed by atoms with Gasteiger partial charge >= 0.3 is 0 Å². The lowest BCUT2D eigenvalue weighted by Crippen LogP contribution is -2.47. The van der Waals surface area contributed by atoms with E-state index in [0.717, 1.165) is 51.9 Å². The zero-order valence-corrected chi connectivity index (χ0v) is 22.6. The molecule has 9 heteroatoms. The molecule has 5 rings (SSSR count). The van der Waals surface area contributed by atoms with E-state index < -0.39 is 0 Å². The maximum absolute atomic E-state index is 13.7. The first-order valence-corrected chi connectivity index (χ1v) is 14.1. The maximum Gasteiger partial charge on any atom is 0.267 e. The molecule has 2 saturated heterocycles. The molecule has 0 spiro atoms. The van der Waals surface area contributed by atoms with Crippen molar-refractivity contribution in [3.05, 3.63) is 75.6 Å². The van der Waals surface area contributed by atoms with E-state index in [2.05, 4.69) is 28.9 Å². The van der Waals surface area contributed by atoms with Crippen molar-refractivity contribution in [2.75, 3.05) is 42.5 Å². The molecule has 0 atom stereocenters. The summed E-state index contributed by atoms with van der Waals surface area (Å²) in [5.74, 6) is 0.501. The third kappa shape index (κ3) is 5.43. The van der Waals surface area contributed by atoms with Gasteiger partial charge in [0.15, 0.2) is 0 Å². The van der Waals surface area contributed by atoms with Gasteiger partial charge in [0, 0.05) is 44.6 Å². The Balaban J connectivity index is 1.45. The molecule has 7 nitrogen and oxygen atoms in total. The van der Waals surface area contributed by atoms with Gasteiger partial charge in [-0.05, 0) is 36.8 Å². The van der Waals surface area contributed by atoms with Crippen LogP contribution >= 0.6 is 24.0 Å². The summed E-state index contributed by atoms with van der Waals surface area (Å²) in [4.78, 5) is 38.4. The zero-order chi connectivity index (χ0) is 25.8. The first-order chi connectivity index (χ1) is 18.1. The molecule has 0 bridgehead atoms. The largest absolute Gasteiger partial charge is 0.368 e. The molecular weight excluding hydrogens is 502 g/mol. The van der Waals surface area contributed by atoms with Crippen LogP contribution in [0.5, 0.6) is 0 Å². The van der Waals surface area contributed by atoms with E-state index >= 15 is 0 Å². The lowest BCUT2D eigenvalue weighted by atomic mass is 10.2. The van der Waals surface area contributed by atoms with Gasteiger partial charge in [-0.25, -0.2) is 4.98 Å². The zero-order valence-electron chi connectivity index (χ0n) is 21.0. The maximum atomic E-state index is 13.7. The van der Waals surface area contributed by atoms with Crippen LogP contribution < -0.4 is 15.4 Å². The predicted molar refractivity (Wildman–Crippen MR) is 156 cm³/mol. The Morgan fingerprint density at radius 1 is 0.946 bits per heavy atom. The number of thioether (sulfide) groups is 1. The molecule has 2 aliphatic rings. The van der Waals surface area contributed by atoms with E-state index in [1.54, 1.807) is 21.6 Å². The Kier molecular flexibility index (Phi) is 7.90. The number of anilines is 2. The number of nitrogens with zero attached hydrogens (tertiary/aromatic N) is 5. The number of thiocarbonyl (C=S) groups is 1. The van der Waals surface area contributed by atoms with Gasteiger partial charge in [-0.2, -0.15) is 0 Å².